The Bertz CT molecular complexity index is 761. The Balaban J connectivity index is 0.000000431. The largest absolute Gasteiger partial charge is 0.115 e. The molecule has 0 aromatic heterocycles. The summed E-state index contributed by atoms with van der Waals surface area (Å²) in [4.78, 5) is 0. The van der Waals surface area contributed by atoms with Crippen LogP contribution < -0.4 is 15.9 Å². The number of benzene rings is 3. The summed E-state index contributed by atoms with van der Waals surface area (Å²) in [5, 5.41) is 4.61. The molecule has 1 aliphatic carbocycles. The molecular weight excluding hydrogens is 505 g/mol. The second kappa shape index (κ2) is 10.9. The summed E-state index contributed by atoms with van der Waals surface area (Å²) in [7, 11) is 15.6. The maximum atomic E-state index is 4.95. The third kappa shape index (κ3) is 6.15. The summed E-state index contributed by atoms with van der Waals surface area (Å²) < 4.78 is 0. The van der Waals surface area contributed by atoms with Crippen LogP contribution >= 0.6 is 47.7 Å². The number of halogens is 4. The van der Waals surface area contributed by atoms with Crippen LogP contribution in [0, 0.1) is 0 Å². The van der Waals surface area contributed by atoms with Crippen molar-refractivity contribution < 1.29 is 9.20 Å². The van der Waals surface area contributed by atoms with Crippen molar-refractivity contribution in [2.24, 2.45) is 0 Å². The molecule has 0 saturated heterocycles. The van der Waals surface area contributed by atoms with E-state index >= 15 is 0 Å². The van der Waals surface area contributed by atoms with Gasteiger partial charge in [0, 0.05) is 0 Å². The van der Waals surface area contributed by atoms with Crippen molar-refractivity contribution in [1.29, 1.82) is 0 Å². The Kier molecular flexibility index (Phi) is 8.79. The normalized spacial score (nSPS) is 15.4. The molecule has 3 aromatic carbocycles. The summed E-state index contributed by atoms with van der Waals surface area (Å²) in [5.74, 6) is 0. The number of hydrogen-bond donors (Lipinski definition) is 0. The van der Waals surface area contributed by atoms with Crippen LogP contribution in [0.4, 0.5) is 0 Å². The monoisotopic (exact) mass is 527 g/mol. The molecule has 1 aliphatic rings. The summed E-state index contributed by atoms with van der Waals surface area (Å²) in [6.45, 7) is 0. The van der Waals surface area contributed by atoms with Gasteiger partial charge in [0.1, 0.15) is 23.2 Å². The van der Waals surface area contributed by atoms with E-state index in [1.165, 1.54) is 41.6 Å². The molecule has 29 heavy (non-hydrogen) atoms. The van der Waals surface area contributed by atoms with E-state index in [0.29, 0.717) is 0 Å². The average molecular weight is 529 g/mol. The first-order valence-electron chi connectivity index (χ1n) is 9.51. The van der Waals surface area contributed by atoms with E-state index in [1.807, 2.05) is 0 Å². The molecule has 1 fully saturated rings. The zero-order chi connectivity index (χ0) is 20.7. The van der Waals surface area contributed by atoms with E-state index < -0.39 is 16.5 Å². The Morgan fingerprint density at radius 3 is 1.10 bits per heavy atom. The molecule has 0 heterocycles. The molecule has 4 rings (SSSR count). The molecule has 0 spiro atoms. The Morgan fingerprint density at radius 2 is 0.828 bits per heavy atom. The van der Waals surface area contributed by atoms with Crippen molar-refractivity contribution in [2.45, 2.75) is 31.3 Å². The van der Waals surface area contributed by atoms with Crippen LogP contribution in [-0.4, -0.2) is 5.66 Å². The van der Waals surface area contributed by atoms with E-state index in [2.05, 4.69) is 91.0 Å². The SMILES string of the molecule is [Cl][Fe-]([Cl])([Cl])[Cl].c1ccc([P+](c2ccccc2)(c2ccccc2)C2CCCC2)cc1. The van der Waals surface area contributed by atoms with Crippen LogP contribution in [0.1, 0.15) is 25.7 Å². The minimum atomic E-state index is -2.61. The van der Waals surface area contributed by atoms with Crippen LogP contribution in [0.5, 0.6) is 0 Å². The van der Waals surface area contributed by atoms with Gasteiger partial charge in [0.25, 0.3) is 0 Å². The first-order chi connectivity index (χ1) is 13.9. The molecule has 0 N–H and O–H groups in total. The minimum absolute atomic E-state index is 0.768. The molecule has 1 saturated carbocycles. The van der Waals surface area contributed by atoms with E-state index in [1.54, 1.807) is 0 Å². The van der Waals surface area contributed by atoms with Gasteiger partial charge >= 0.3 is 49.6 Å². The van der Waals surface area contributed by atoms with Gasteiger partial charge in [-0.1, -0.05) is 54.6 Å². The molecular formula is C23H24Cl4FeP. The van der Waals surface area contributed by atoms with Crippen molar-refractivity contribution in [3.8, 4) is 0 Å². The second-order valence-electron chi connectivity index (χ2n) is 6.97. The molecule has 3 aromatic rings. The van der Waals surface area contributed by atoms with Crippen LogP contribution in [0.2, 0.25) is 0 Å². The van der Waals surface area contributed by atoms with Gasteiger partial charge in [-0.25, -0.2) is 0 Å². The molecule has 0 radical (unpaired) electrons. The van der Waals surface area contributed by atoms with Gasteiger partial charge in [-0.15, -0.1) is 0 Å². The fourth-order valence-electron chi connectivity index (χ4n) is 4.36. The van der Waals surface area contributed by atoms with Gasteiger partial charge in [0.15, 0.2) is 0 Å². The van der Waals surface area contributed by atoms with Crippen LogP contribution in [0.15, 0.2) is 91.0 Å². The third-order valence-corrected chi connectivity index (χ3v) is 10.3. The number of hydrogen-bond acceptors (Lipinski definition) is 0. The molecule has 0 amide bonds. The van der Waals surface area contributed by atoms with Gasteiger partial charge < -0.3 is 0 Å². The standard InChI is InChI=1S/C23H24P.4ClH.Fe/c1-4-12-20(13-5-1)24(23-18-10-11-19-23,21-14-6-2-7-15-21)22-16-8-3-9-17-22;;;;;/h1-9,12-17,23H,10-11,18-19H2;4*1H;/q+1;;;;;+3/p-4. The van der Waals surface area contributed by atoms with Crippen molar-refractivity contribution in [3.63, 3.8) is 0 Å². The predicted octanol–water partition coefficient (Wildman–Crippen LogP) is 7.68. The van der Waals surface area contributed by atoms with E-state index in [4.69, 9.17) is 40.4 Å². The Morgan fingerprint density at radius 1 is 0.552 bits per heavy atom. The zero-order valence-electron chi connectivity index (χ0n) is 15.9. The molecule has 0 bridgehead atoms. The maximum Gasteiger partial charge on any atom is 0.115 e. The summed E-state index contributed by atoms with van der Waals surface area (Å²) in [6, 6.07) is 33.9. The number of rotatable bonds is 4. The van der Waals surface area contributed by atoms with Crippen LogP contribution in [0.25, 0.3) is 0 Å². The summed E-state index contributed by atoms with van der Waals surface area (Å²) >= 11 is 0. The molecule has 0 nitrogen and oxygen atoms in total. The fraction of sp³-hybridized carbons (Fsp3) is 0.217. The van der Waals surface area contributed by atoms with Crippen LogP contribution in [0.3, 0.4) is 0 Å². The molecule has 0 aliphatic heterocycles. The zero-order valence-corrected chi connectivity index (χ0v) is 20.9. The maximum absolute atomic E-state index is 4.95. The van der Waals surface area contributed by atoms with E-state index in [-0.39, 0.29) is 0 Å². The van der Waals surface area contributed by atoms with E-state index in [0.717, 1.165) is 5.66 Å². The van der Waals surface area contributed by atoms with Crippen LogP contribution in [-0.2, 0) is 9.20 Å². The van der Waals surface area contributed by atoms with Crippen molar-refractivity contribution in [1.82, 2.24) is 0 Å². The Labute approximate surface area is 194 Å². The van der Waals surface area contributed by atoms with E-state index in [9.17, 15) is 0 Å². The Hall–Kier alpha value is -0.231. The van der Waals surface area contributed by atoms with Crippen molar-refractivity contribution in [3.05, 3.63) is 91.0 Å². The van der Waals surface area contributed by atoms with Gasteiger partial charge in [0.05, 0.1) is 5.66 Å². The fourth-order valence-corrected chi connectivity index (χ4v) is 9.59. The first-order valence-corrected chi connectivity index (χ1v) is 17.4. The molecule has 0 atom stereocenters. The summed E-state index contributed by atoms with van der Waals surface area (Å²) in [6.07, 6.45) is 5.46. The smallest absolute Gasteiger partial charge is 0.0620 e. The third-order valence-electron chi connectivity index (χ3n) is 5.36. The topological polar surface area (TPSA) is 0 Å². The summed E-state index contributed by atoms with van der Waals surface area (Å²) in [5.41, 5.74) is 0.768. The van der Waals surface area contributed by atoms with Gasteiger partial charge in [-0.05, 0) is 62.1 Å². The minimum Gasteiger partial charge on any atom is -0.0620 e. The second-order valence-corrected chi connectivity index (χ2v) is 21.6. The molecule has 157 valence electrons. The van der Waals surface area contributed by atoms with Crippen molar-refractivity contribution in [2.75, 3.05) is 0 Å². The van der Waals surface area contributed by atoms with Gasteiger partial charge in [-0.3, -0.25) is 0 Å². The average Bonchev–Trinajstić information content (AvgIpc) is 3.25. The molecule has 6 heteroatoms. The van der Waals surface area contributed by atoms with Gasteiger partial charge in [0.2, 0.25) is 0 Å². The quantitative estimate of drug-likeness (QED) is 0.241. The molecule has 0 unspecified atom stereocenters. The van der Waals surface area contributed by atoms with Crippen molar-refractivity contribution >= 4 is 63.6 Å². The first kappa shape index (κ1) is 23.4. The van der Waals surface area contributed by atoms with Gasteiger partial charge in [-0.2, -0.15) is 0 Å². The predicted molar refractivity (Wildman–Crippen MR) is 131 cm³/mol.